The Kier molecular flexibility index (Phi) is 4.15. The van der Waals surface area contributed by atoms with Crippen molar-refractivity contribution in [1.82, 2.24) is 9.97 Å². The lowest BCUT2D eigenvalue weighted by Gasteiger charge is -2.14. The average molecular weight is 339 g/mol. The van der Waals surface area contributed by atoms with Gasteiger partial charge in [0.2, 0.25) is 15.7 Å². The zero-order valence-electron chi connectivity index (χ0n) is 12.7. The summed E-state index contributed by atoms with van der Waals surface area (Å²) in [7, 11) is -2.58. The van der Waals surface area contributed by atoms with Crippen LogP contribution in [0.1, 0.15) is 10.9 Å². The fraction of sp³-hybridized carbons (Fsp3) is 0.118. The summed E-state index contributed by atoms with van der Waals surface area (Å²) in [5.41, 5.74) is 1.05. The van der Waals surface area contributed by atoms with Crippen LogP contribution in [0.25, 0.3) is 11.0 Å². The zero-order valence-corrected chi connectivity index (χ0v) is 13.6. The Morgan fingerprint density at radius 1 is 1.00 bits per heavy atom. The van der Waals surface area contributed by atoms with Crippen LogP contribution in [0.3, 0.4) is 0 Å². The highest BCUT2D eigenvalue weighted by atomic mass is 32.2. The van der Waals surface area contributed by atoms with E-state index in [9.17, 15) is 13.7 Å². The number of benzene rings is 2. The molecule has 0 bridgehead atoms. The molecule has 0 fully saturated rings. The molecular weight excluding hydrogens is 326 g/mol. The van der Waals surface area contributed by atoms with Gasteiger partial charge >= 0.3 is 0 Å². The van der Waals surface area contributed by atoms with E-state index in [0.29, 0.717) is 11.0 Å². The normalized spacial score (nSPS) is 12.5. The first-order valence-corrected chi connectivity index (χ1v) is 8.62. The number of nitriles is 1. The van der Waals surface area contributed by atoms with Crippen molar-refractivity contribution in [3.8, 4) is 11.9 Å². The molecule has 1 atom stereocenters. The lowest BCUT2D eigenvalue weighted by molar-refractivity contribution is 0.392. The van der Waals surface area contributed by atoms with Gasteiger partial charge in [-0.1, -0.05) is 30.3 Å². The average Bonchev–Trinajstić information content (AvgIpc) is 2.62. The summed E-state index contributed by atoms with van der Waals surface area (Å²) in [4.78, 5) is 8.64. The van der Waals surface area contributed by atoms with Crippen molar-refractivity contribution in [2.45, 2.75) is 10.1 Å². The fourth-order valence-corrected chi connectivity index (χ4v) is 3.74. The smallest absolute Gasteiger partial charge is 0.238 e. The summed E-state index contributed by atoms with van der Waals surface area (Å²) in [6.07, 6.45) is 0. The molecule has 1 heterocycles. The van der Waals surface area contributed by atoms with Crippen molar-refractivity contribution in [2.24, 2.45) is 0 Å². The first kappa shape index (κ1) is 15.9. The highest BCUT2D eigenvalue weighted by molar-refractivity contribution is 7.92. The quantitative estimate of drug-likeness (QED) is 0.725. The fourth-order valence-electron chi connectivity index (χ4n) is 2.34. The molecule has 0 spiro atoms. The predicted molar refractivity (Wildman–Crippen MR) is 88.1 cm³/mol. The van der Waals surface area contributed by atoms with Crippen molar-refractivity contribution in [3.63, 3.8) is 0 Å². The van der Waals surface area contributed by atoms with Crippen LogP contribution in [-0.4, -0.2) is 25.5 Å². The van der Waals surface area contributed by atoms with Gasteiger partial charge in [0.1, 0.15) is 5.69 Å². The molecule has 0 unspecified atom stereocenters. The van der Waals surface area contributed by atoms with Crippen molar-refractivity contribution in [2.75, 3.05) is 7.11 Å². The summed E-state index contributed by atoms with van der Waals surface area (Å²) in [5, 5.41) is 8.01. The van der Waals surface area contributed by atoms with E-state index < -0.39 is 15.1 Å². The minimum atomic E-state index is -3.95. The SMILES string of the molecule is COc1nc2ccccc2nc1[C@@H](C#N)S(=O)(=O)c1ccccc1. The highest BCUT2D eigenvalue weighted by Gasteiger charge is 2.33. The number of aromatic nitrogens is 2. The molecule has 2 aromatic carbocycles. The molecule has 24 heavy (non-hydrogen) atoms. The van der Waals surface area contributed by atoms with E-state index in [1.807, 2.05) is 6.07 Å². The Bertz CT molecular complexity index is 1030. The second-order valence-electron chi connectivity index (χ2n) is 4.97. The Morgan fingerprint density at radius 3 is 2.17 bits per heavy atom. The summed E-state index contributed by atoms with van der Waals surface area (Å²) in [6, 6.07) is 16.6. The van der Waals surface area contributed by atoms with Crippen LogP contribution in [0.15, 0.2) is 59.5 Å². The molecule has 0 N–H and O–H groups in total. The summed E-state index contributed by atoms with van der Waals surface area (Å²) >= 11 is 0. The van der Waals surface area contributed by atoms with Gasteiger partial charge in [0.25, 0.3) is 0 Å². The van der Waals surface area contributed by atoms with Crippen LogP contribution in [0, 0.1) is 11.3 Å². The van der Waals surface area contributed by atoms with Crippen molar-refractivity contribution < 1.29 is 13.2 Å². The van der Waals surface area contributed by atoms with Crippen molar-refractivity contribution in [1.29, 1.82) is 5.26 Å². The standard InChI is InChI=1S/C17H13N3O3S/c1-23-17-16(19-13-9-5-6-10-14(13)20-17)15(11-18)24(21,22)12-7-3-2-4-8-12/h2-10,15H,1H3/t15-/m1/s1. The Hall–Kier alpha value is -2.98. The van der Waals surface area contributed by atoms with Crippen LogP contribution >= 0.6 is 0 Å². The number of para-hydroxylation sites is 2. The van der Waals surface area contributed by atoms with Gasteiger partial charge in [-0.3, -0.25) is 0 Å². The molecule has 0 aliphatic carbocycles. The first-order chi connectivity index (χ1) is 11.6. The van der Waals surface area contributed by atoms with Crippen molar-refractivity contribution >= 4 is 20.9 Å². The maximum Gasteiger partial charge on any atom is 0.238 e. The molecule has 0 aliphatic heterocycles. The summed E-state index contributed by atoms with van der Waals surface area (Å²) in [5.74, 6) is 0.0276. The van der Waals surface area contributed by atoms with Gasteiger partial charge in [0, 0.05) is 0 Å². The lowest BCUT2D eigenvalue weighted by Crippen LogP contribution is -2.15. The maximum atomic E-state index is 12.8. The molecule has 7 heteroatoms. The summed E-state index contributed by atoms with van der Waals surface area (Å²) < 4.78 is 30.8. The molecule has 120 valence electrons. The third-order valence-corrected chi connectivity index (χ3v) is 5.38. The van der Waals surface area contributed by atoms with Crippen molar-refractivity contribution in [3.05, 3.63) is 60.3 Å². The van der Waals surface area contributed by atoms with E-state index in [1.54, 1.807) is 42.5 Å². The molecule has 3 aromatic rings. The number of nitrogens with zero attached hydrogens (tertiary/aromatic N) is 3. The van der Waals surface area contributed by atoms with Gasteiger partial charge in [0.05, 0.1) is 29.1 Å². The highest BCUT2D eigenvalue weighted by Crippen LogP contribution is 2.32. The number of fused-ring (bicyclic) bond motifs is 1. The Labute approximate surface area is 139 Å². The molecule has 1 aromatic heterocycles. The van der Waals surface area contributed by atoms with Crippen LogP contribution < -0.4 is 4.74 Å². The minimum absolute atomic E-state index is 0.0115. The number of methoxy groups -OCH3 is 1. The number of ether oxygens (including phenoxy) is 1. The molecule has 0 aliphatic rings. The van der Waals surface area contributed by atoms with Gasteiger partial charge < -0.3 is 4.74 Å². The molecule has 3 rings (SSSR count). The Morgan fingerprint density at radius 2 is 1.58 bits per heavy atom. The van der Waals surface area contributed by atoms with Crippen LogP contribution in [0.2, 0.25) is 0 Å². The molecule has 0 saturated carbocycles. The molecule has 0 radical (unpaired) electrons. The number of sulfone groups is 1. The van der Waals surface area contributed by atoms with Crippen LogP contribution in [0.5, 0.6) is 5.88 Å². The van der Waals surface area contributed by atoms with Gasteiger partial charge in [-0.2, -0.15) is 5.26 Å². The second-order valence-corrected chi connectivity index (χ2v) is 7.01. The molecule has 0 saturated heterocycles. The largest absolute Gasteiger partial charge is 0.480 e. The van der Waals surface area contributed by atoms with Crippen LogP contribution in [-0.2, 0) is 9.84 Å². The zero-order chi connectivity index (χ0) is 17.2. The third-order valence-electron chi connectivity index (χ3n) is 3.50. The van der Waals surface area contributed by atoms with Gasteiger partial charge in [-0.05, 0) is 24.3 Å². The number of rotatable bonds is 4. The minimum Gasteiger partial charge on any atom is -0.480 e. The summed E-state index contributed by atoms with van der Waals surface area (Å²) in [6.45, 7) is 0. The predicted octanol–water partition coefficient (Wildman–Crippen LogP) is 2.68. The van der Waals surface area contributed by atoms with E-state index in [-0.39, 0.29) is 16.5 Å². The topological polar surface area (TPSA) is 92.9 Å². The second kappa shape index (κ2) is 6.26. The lowest BCUT2D eigenvalue weighted by atomic mass is 10.2. The Balaban J connectivity index is 2.22. The van der Waals surface area contributed by atoms with Crippen LogP contribution in [0.4, 0.5) is 0 Å². The number of hydrogen-bond acceptors (Lipinski definition) is 6. The first-order valence-electron chi connectivity index (χ1n) is 7.07. The van der Waals surface area contributed by atoms with Gasteiger partial charge in [0.15, 0.2) is 5.25 Å². The van der Waals surface area contributed by atoms with Gasteiger partial charge in [-0.15, -0.1) is 0 Å². The molecular formula is C17H13N3O3S. The molecule has 0 amide bonds. The van der Waals surface area contributed by atoms with E-state index in [4.69, 9.17) is 4.74 Å². The molecule has 6 nitrogen and oxygen atoms in total. The third kappa shape index (κ3) is 2.68. The monoisotopic (exact) mass is 339 g/mol. The van der Waals surface area contributed by atoms with E-state index in [1.165, 1.54) is 19.2 Å². The van der Waals surface area contributed by atoms with E-state index in [0.717, 1.165) is 0 Å². The van der Waals surface area contributed by atoms with E-state index in [2.05, 4.69) is 9.97 Å². The number of hydrogen-bond donors (Lipinski definition) is 0. The van der Waals surface area contributed by atoms with Gasteiger partial charge in [-0.25, -0.2) is 18.4 Å². The van der Waals surface area contributed by atoms with E-state index >= 15 is 0 Å². The maximum absolute atomic E-state index is 12.8.